The average molecular weight is 528 g/mol. The molecule has 0 radical (unpaired) electrons. The quantitative estimate of drug-likeness (QED) is 0.311. The Labute approximate surface area is 183 Å². The summed E-state index contributed by atoms with van der Waals surface area (Å²) in [7, 11) is 1.67. The molecule has 0 aliphatic carbocycles. The molecule has 0 atom stereocenters. The summed E-state index contributed by atoms with van der Waals surface area (Å²) in [4.78, 5) is 8.71. The molecule has 0 saturated carbocycles. The highest BCUT2D eigenvalue weighted by molar-refractivity contribution is 14.0. The number of nitrogens with one attached hydrogen (secondary N) is 2. The summed E-state index contributed by atoms with van der Waals surface area (Å²) in [5.74, 6) is 1.20. The van der Waals surface area contributed by atoms with Crippen molar-refractivity contribution in [3.63, 3.8) is 0 Å². The number of nitrogens with zero attached hydrogens (tertiary/aromatic N) is 2. The maximum Gasteiger partial charge on any atom is 0.422 e. The Morgan fingerprint density at radius 2 is 1.82 bits per heavy atom. The third-order valence-electron chi connectivity index (χ3n) is 3.58. The van der Waals surface area contributed by atoms with Gasteiger partial charge in [-0.25, -0.2) is 4.98 Å². The SMILES string of the molecule is CN=C(NCc1ccc(OCC(F)(F)F)cc1)NCc1nc(C(C)C)cs1.I. The molecule has 10 heteroatoms. The second-order valence-corrected chi connectivity index (χ2v) is 7.09. The van der Waals surface area contributed by atoms with Crippen LogP contribution in [0, 0.1) is 0 Å². The topological polar surface area (TPSA) is 58.5 Å². The summed E-state index contributed by atoms with van der Waals surface area (Å²) in [6.45, 7) is 3.96. The molecule has 2 rings (SSSR count). The van der Waals surface area contributed by atoms with Crippen LogP contribution in [0.15, 0.2) is 34.6 Å². The maximum absolute atomic E-state index is 12.1. The molecule has 0 fully saturated rings. The van der Waals surface area contributed by atoms with Gasteiger partial charge in [-0.1, -0.05) is 26.0 Å². The highest BCUT2D eigenvalue weighted by Gasteiger charge is 2.28. The Bertz CT molecular complexity index is 748. The molecule has 0 aliphatic heterocycles. The van der Waals surface area contributed by atoms with E-state index in [0.717, 1.165) is 16.3 Å². The molecule has 156 valence electrons. The summed E-state index contributed by atoms with van der Waals surface area (Å²) in [6, 6.07) is 6.45. The van der Waals surface area contributed by atoms with Gasteiger partial charge in [-0.2, -0.15) is 13.2 Å². The van der Waals surface area contributed by atoms with Crippen molar-refractivity contribution < 1.29 is 17.9 Å². The molecule has 0 bridgehead atoms. The Kier molecular flexibility index (Phi) is 10.0. The summed E-state index contributed by atoms with van der Waals surface area (Å²) in [6.07, 6.45) is -4.34. The van der Waals surface area contributed by atoms with Gasteiger partial charge in [0, 0.05) is 19.0 Å². The van der Waals surface area contributed by atoms with E-state index in [2.05, 4.69) is 39.8 Å². The minimum Gasteiger partial charge on any atom is -0.484 e. The molecule has 28 heavy (non-hydrogen) atoms. The second-order valence-electron chi connectivity index (χ2n) is 6.15. The lowest BCUT2D eigenvalue weighted by atomic mass is 10.2. The average Bonchev–Trinajstić information content (AvgIpc) is 3.10. The molecule has 0 amide bonds. The van der Waals surface area contributed by atoms with Crippen LogP contribution in [-0.2, 0) is 13.1 Å². The van der Waals surface area contributed by atoms with Crippen LogP contribution >= 0.6 is 35.3 Å². The molecule has 2 N–H and O–H groups in total. The zero-order valence-electron chi connectivity index (χ0n) is 15.8. The van der Waals surface area contributed by atoms with E-state index in [-0.39, 0.29) is 29.7 Å². The lowest BCUT2D eigenvalue weighted by Gasteiger charge is -2.12. The normalized spacial score (nSPS) is 11.9. The van der Waals surface area contributed by atoms with Crippen molar-refractivity contribution in [2.24, 2.45) is 4.99 Å². The fourth-order valence-electron chi connectivity index (χ4n) is 2.11. The van der Waals surface area contributed by atoms with E-state index < -0.39 is 12.8 Å². The predicted octanol–water partition coefficient (Wildman–Crippen LogP) is 4.69. The first-order valence-electron chi connectivity index (χ1n) is 8.44. The van der Waals surface area contributed by atoms with Gasteiger partial charge in [0.15, 0.2) is 12.6 Å². The van der Waals surface area contributed by atoms with Crippen LogP contribution in [0.3, 0.4) is 0 Å². The fourth-order valence-corrected chi connectivity index (χ4v) is 3.00. The lowest BCUT2D eigenvalue weighted by molar-refractivity contribution is -0.153. The number of hydrogen-bond acceptors (Lipinski definition) is 4. The molecule has 1 aromatic heterocycles. The van der Waals surface area contributed by atoms with Crippen LogP contribution in [0.2, 0.25) is 0 Å². The smallest absolute Gasteiger partial charge is 0.422 e. The zero-order valence-corrected chi connectivity index (χ0v) is 19.0. The van der Waals surface area contributed by atoms with Crippen molar-refractivity contribution in [3.8, 4) is 5.75 Å². The first kappa shape index (κ1) is 24.5. The van der Waals surface area contributed by atoms with Gasteiger partial charge in [0.2, 0.25) is 0 Å². The summed E-state index contributed by atoms with van der Waals surface area (Å²) in [5.41, 5.74) is 1.97. The largest absolute Gasteiger partial charge is 0.484 e. The number of alkyl halides is 3. The molecule has 1 aromatic carbocycles. The number of aromatic nitrogens is 1. The number of halogens is 4. The Morgan fingerprint density at radius 1 is 1.18 bits per heavy atom. The van der Waals surface area contributed by atoms with Crippen molar-refractivity contribution in [2.75, 3.05) is 13.7 Å². The molecular formula is C18H24F3IN4OS. The van der Waals surface area contributed by atoms with E-state index in [0.29, 0.717) is 25.0 Å². The minimum absolute atomic E-state index is 0. The molecule has 5 nitrogen and oxygen atoms in total. The van der Waals surface area contributed by atoms with E-state index >= 15 is 0 Å². The number of ether oxygens (including phenoxy) is 1. The van der Waals surface area contributed by atoms with Crippen molar-refractivity contribution in [2.45, 2.75) is 39.0 Å². The van der Waals surface area contributed by atoms with Crippen LogP contribution in [0.25, 0.3) is 0 Å². The molecule has 0 aliphatic rings. The van der Waals surface area contributed by atoms with Gasteiger partial charge in [-0.05, 0) is 23.6 Å². The standard InChI is InChI=1S/C18H23F3N4OS.HI/c1-12(2)15-10-27-16(25-15)9-24-17(22-3)23-8-13-4-6-14(7-5-13)26-11-18(19,20)21;/h4-7,10,12H,8-9,11H2,1-3H3,(H2,22,23,24);1H. The number of rotatable bonds is 7. The molecule has 0 unspecified atom stereocenters. The Hall–Kier alpha value is -1.56. The Balaban J connectivity index is 0.00000392. The van der Waals surface area contributed by atoms with Crippen LogP contribution in [0.1, 0.15) is 36.0 Å². The third-order valence-corrected chi connectivity index (χ3v) is 4.44. The maximum atomic E-state index is 12.1. The van der Waals surface area contributed by atoms with Crippen LogP contribution in [0.5, 0.6) is 5.75 Å². The molecular weight excluding hydrogens is 504 g/mol. The monoisotopic (exact) mass is 528 g/mol. The first-order chi connectivity index (χ1) is 12.8. The predicted molar refractivity (Wildman–Crippen MR) is 117 cm³/mol. The van der Waals surface area contributed by atoms with Gasteiger partial charge in [0.25, 0.3) is 0 Å². The summed E-state index contributed by atoms with van der Waals surface area (Å²) in [5, 5.41) is 9.39. The number of hydrogen-bond donors (Lipinski definition) is 2. The van der Waals surface area contributed by atoms with E-state index in [1.807, 2.05) is 0 Å². The van der Waals surface area contributed by atoms with Gasteiger partial charge in [-0.3, -0.25) is 4.99 Å². The zero-order chi connectivity index (χ0) is 19.9. The van der Waals surface area contributed by atoms with E-state index in [1.165, 1.54) is 12.1 Å². The highest BCUT2D eigenvalue weighted by atomic mass is 127. The number of guanidine groups is 1. The van der Waals surface area contributed by atoms with Gasteiger partial charge < -0.3 is 15.4 Å². The van der Waals surface area contributed by atoms with Crippen molar-refractivity contribution in [1.29, 1.82) is 0 Å². The van der Waals surface area contributed by atoms with Crippen LogP contribution in [0.4, 0.5) is 13.2 Å². The molecule has 2 aromatic rings. The third kappa shape index (κ3) is 8.63. The van der Waals surface area contributed by atoms with E-state index in [4.69, 9.17) is 4.74 Å². The highest BCUT2D eigenvalue weighted by Crippen LogP contribution is 2.19. The van der Waals surface area contributed by atoms with Crippen LogP contribution < -0.4 is 15.4 Å². The van der Waals surface area contributed by atoms with Gasteiger partial charge in [-0.15, -0.1) is 35.3 Å². The van der Waals surface area contributed by atoms with E-state index in [9.17, 15) is 13.2 Å². The molecule has 1 heterocycles. The van der Waals surface area contributed by atoms with Gasteiger partial charge in [0.1, 0.15) is 10.8 Å². The van der Waals surface area contributed by atoms with Gasteiger partial charge >= 0.3 is 6.18 Å². The fraction of sp³-hybridized carbons (Fsp3) is 0.444. The first-order valence-corrected chi connectivity index (χ1v) is 9.32. The van der Waals surface area contributed by atoms with Crippen molar-refractivity contribution in [3.05, 3.63) is 45.9 Å². The van der Waals surface area contributed by atoms with Crippen LogP contribution in [-0.4, -0.2) is 30.8 Å². The number of thiazole rings is 1. The molecule has 0 saturated heterocycles. The number of aliphatic imine (C=N–C) groups is 1. The second kappa shape index (κ2) is 11.4. The Morgan fingerprint density at radius 3 is 2.36 bits per heavy atom. The summed E-state index contributed by atoms with van der Waals surface area (Å²) < 4.78 is 41.1. The minimum atomic E-state index is -4.34. The van der Waals surface area contributed by atoms with Crippen molar-refractivity contribution in [1.82, 2.24) is 15.6 Å². The van der Waals surface area contributed by atoms with Gasteiger partial charge in [0.05, 0.1) is 12.2 Å². The molecule has 0 spiro atoms. The number of benzene rings is 1. The lowest BCUT2D eigenvalue weighted by Crippen LogP contribution is -2.36. The summed E-state index contributed by atoms with van der Waals surface area (Å²) >= 11 is 1.60. The van der Waals surface area contributed by atoms with Crippen molar-refractivity contribution >= 4 is 41.3 Å². The van der Waals surface area contributed by atoms with E-state index in [1.54, 1.807) is 30.5 Å².